The monoisotopic (exact) mass is 201 g/mol. The average molecular weight is 201 g/mol. The third kappa shape index (κ3) is 4.23. The molecule has 0 spiro atoms. The minimum atomic E-state index is -0.965. The molecule has 0 aromatic heterocycles. The highest BCUT2D eigenvalue weighted by Gasteiger charge is 2.17. The number of carboxylic acid groups (broad SMARTS) is 1. The van der Waals surface area contributed by atoms with Crippen LogP contribution >= 0.6 is 0 Å². The third-order valence-corrected chi connectivity index (χ3v) is 2.13. The van der Waals surface area contributed by atoms with E-state index in [9.17, 15) is 9.59 Å². The summed E-state index contributed by atoms with van der Waals surface area (Å²) in [5, 5.41) is 11.5. The Morgan fingerprint density at radius 3 is 2.50 bits per heavy atom. The molecule has 5 heteroatoms. The first-order chi connectivity index (χ1) is 6.68. The first kappa shape index (κ1) is 11.0. The van der Waals surface area contributed by atoms with Crippen molar-refractivity contribution in [2.45, 2.75) is 31.8 Å². The molecule has 1 heterocycles. The molecule has 0 saturated carbocycles. The summed E-state index contributed by atoms with van der Waals surface area (Å²) in [5.74, 6) is -1.37. The van der Waals surface area contributed by atoms with Crippen molar-refractivity contribution >= 4 is 11.9 Å². The Morgan fingerprint density at radius 1 is 1.29 bits per heavy atom. The Hall–Kier alpha value is -1.10. The Balaban J connectivity index is 2.15. The molecule has 80 valence electrons. The number of ether oxygens (including phenoxy) is 1. The summed E-state index contributed by atoms with van der Waals surface area (Å²) >= 11 is 0. The maximum absolute atomic E-state index is 11.1. The van der Waals surface area contributed by atoms with Crippen molar-refractivity contribution in [2.75, 3.05) is 13.1 Å². The predicted molar refractivity (Wildman–Crippen MR) is 48.9 cm³/mol. The molecule has 5 nitrogen and oxygen atoms in total. The number of rotatable bonds is 4. The van der Waals surface area contributed by atoms with E-state index in [4.69, 9.17) is 9.84 Å². The lowest BCUT2D eigenvalue weighted by molar-refractivity contribution is -0.153. The van der Waals surface area contributed by atoms with Gasteiger partial charge in [-0.05, 0) is 25.9 Å². The highest BCUT2D eigenvalue weighted by molar-refractivity contribution is 5.76. The summed E-state index contributed by atoms with van der Waals surface area (Å²) < 4.78 is 5.10. The maximum Gasteiger partial charge on any atom is 0.306 e. The summed E-state index contributed by atoms with van der Waals surface area (Å²) in [6.45, 7) is 1.72. The van der Waals surface area contributed by atoms with Gasteiger partial charge in [0.1, 0.15) is 6.10 Å². The van der Waals surface area contributed by atoms with Gasteiger partial charge in [0.15, 0.2) is 0 Å². The molecule has 1 rings (SSSR count). The van der Waals surface area contributed by atoms with E-state index in [-0.39, 0.29) is 18.9 Å². The van der Waals surface area contributed by atoms with Crippen LogP contribution in [0.1, 0.15) is 25.7 Å². The number of piperidine rings is 1. The van der Waals surface area contributed by atoms with Crippen LogP contribution in [0.2, 0.25) is 0 Å². The molecular formula is C9H15NO4. The van der Waals surface area contributed by atoms with E-state index in [1.807, 2.05) is 0 Å². The van der Waals surface area contributed by atoms with E-state index in [0.717, 1.165) is 25.9 Å². The normalized spacial score (nSPS) is 17.7. The quantitative estimate of drug-likeness (QED) is 0.633. The van der Waals surface area contributed by atoms with E-state index in [1.54, 1.807) is 0 Å². The molecular weight excluding hydrogens is 186 g/mol. The number of carboxylic acids is 1. The molecule has 1 saturated heterocycles. The zero-order chi connectivity index (χ0) is 10.4. The van der Waals surface area contributed by atoms with Crippen molar-refractivity contribution in [1.29, 1.82) is 0 Å². The molecule has 0 unspecified atom stereocenters. The smallest absolute Gasteiger partial charge is 0.306 e. The zero-order valence-corrected chi connectivity index (χ0v) is 7.99. The van der Waals surface area contributed by atoms with Crippen LogP contribution in [0.5, 0.6) is 0 Å². The van der Waals surface area contributed by atoms with Gasteiger partial charge in [0.2, 0.25) is 0 Å². The third-order valence-electron chi connectivity index (χ3n) is 2.13. The summed E-state index contributed by atoms with van der Waals surface area (Å²) in [6.07, 6.45) is 1.43. The van der Waals surface area contributed by atoms with Crippen LogP contribution in [-0.4, -0.2) is 36.2 Å². The molecule has 0 aromatic rings. The Labute approximate surface area is 82.4 Å². The summed E-state index contributed by atoms with van der Waals surface area (Å²) in [5.41, 5.74) is 0. The maximum atomic E-state index is 11.1. The van der Waals surface area contributed by atoms with Gasteiger partial charge in [-0.15, -0.1) is 0 Å². The fourth-order valence-corrected chi connectivity index (χ4v) is 1.37. The molecule has 0 radical (unpaired) electrons. The topological polar surface area (TPSA) is 75.6 Å². The predicted octanol–water partition coefficient (Wildman–Crippen LogP) is 0.146. The van der Waals surface area contributed by atoms with Gasteiger partial charge in [0.05, 0.1) is 12.8 Å². The molecule has 1 aliphatic rings. The standard InChI is InChI=1S/C9H15NO4/c11-8(12)1-2-9(13)14-7-3-5-10-6-4-7/h7,10H,1-6H2,(H,11,12). The summed E-state index contributed by atoms with van der Waals surface area (Å²) in [4.78, 5) is 21.3. The van der Waals surface area contributed by atoms with Crippen molar-refractivity contribution in [3.05, 3.63) is 0 Å². The molecule has 0 bridgehead atoms. The van der Waals surface area contributed by atoms with Crippen LogP contribution in [0, 0.1) is 0 Å². The summed E-state index contributed by atoms with van der Waals surface area (Å²) in [7, 11) is 0. The lowest BCUT2D eigenvalue weighted by Gasteiger charge is -2.22. The number of aliphatic carboxylic acids is 1. The first-order valence-corrected chi connectivity index (χ1v) is 4.80. The van der Waals surface area contributed by atoms with Crippen LogP contribution in [0.15, 0.2) is 0 Å². The summed E-state index contributed by atoms with van der Waals surface area (Å²) in [6, 6.07) is 0. The molecule has 14 heavy (non-hydrogen) atoms. The van der Waals surface area contributed by atoms with Crippen molar-refractivity contribution < 1.29 is 19.4 Å². The highest BCUT2D eigenvalue weighted by Crippen LogP contribution is 2.08. The lowest BCUT2D eigenvalue weighted by Crippen LogP contribution is -2.33. The van der Waals surface area contributed by atoms with Gasteiger partial charge < -0.3 is 15.2 Å². The fourth-order valence-electron chi connectivity index (χ4n) is 1.37. The second kappa shape index (κ2) is 5.59. The number of hydrogen-bond donors (Lipinski definition) is 2. The number of nitrogens with one attached hydrogen (secondary N) is 1. The van der Waals surface area contributed by atoms with Gasteiger partial charge in [0.25, 0.3) is 0 Å². The van der Waals surface area contributed by atoms with Crippen molar-refractivity contribution in [3.8, 4) is 0 Å². The Kier molecular flexibility index (Phi) is 4.39. The van der Waals surface area contributed by atoms with Gasteiger partial charge in [0, 0.05) is 0 Å². The lowest BCUT2D eigenvalue weighted by atomic mass is 10.1. The number of carbonyl (C=O) groups excluding carboxylic acids is 1. The highest BCUT2D eigenvalue weighted by atomic mass is 16.5. The van der Waals surface area contributed by atoms with Crippen LogP contribution in [0.3, 0.4) is 0 Å². The van der Waals surface area contributed by atoms with E-state index in [0.29, 0.717) is 0 Å². The van der Waals surface area contributed by atoms with Crippen molar-refractivity contribution in [1.82, 2.24) is 5.32 Å². The molecule has 2 N–H and O–H groups in total. The van der Waals surface area contributed by atoms with Crippen LogP contribution in [0.4, 0.5) is 0 Å². The van der Waals surface area contributed by atoms with Crippen LogP contribution < -0.4 is 5.32 Å². The van der Waals surface area contributed by atoms with Crippen molar-refractivity contribution in [3.63, 3.8) is 0 Å². The zero-order valence-electron chi connectivity index (χ0n) is 7.99. The van der Waals surface area contributed by atoms with E-state index in [1.165, 1.54) is 0 Å². The minimum absolute atomic E-state index is 0.0285. The Bertz CT molecular complexity index is 211. The SMILES string of the molecule is O=C(O)CCC(=O)OC1CCNCC1. The second-order valence-electron chi connectivity index (χ2n) is 3.33. The second-order valence-corrected chi connectivity index (χ2v) is 3.33. The van der Waals surface area contributed by atoms with Gasteiger partial charge >= 0.3 is 11.9 Å². The Morgan fingerprint density at radius 2 is 1.93 bits per heavy atom. The van der Waals surface area contributed by atoms with Gasteiger partial charge in [-0.3, -0.25) is 9.59 Å². The largest absolute Gasteiger partial charge is 0.481 e. The minimum Gasteiger partial charge on any atom is -0.481 e. The van der Waals surface area contributed by atoms with Gasteiger partial charge in [-0.25, -0.2) is 0 Å². The van der Waals surface area contributed by atoms with Crippen LogP contribution in [0.25, 0.3) is 0 Å². The molecule has 0 amide bonds. The molecule has 1 aliphatic heterocycles. The average Bonchev–Trinajstić information content (AvgIpc) is 2.16. The first-order valence-electron chi connectivity index (χ1n) is 4.80. The van der Waals surface area contributed by atoms with Gasteiger partial charge in [-0.2, -0.15) is 0 Å². The van der Waals surface area contributed by atoms with E-state index < -0.39 is 11.9 Å². The molecule has 1 fully saturated rings. The van der Waals surface area contributed by atoms with Crippen molar-refractivity contribution in [2.24, 2.45) is 0 Å². The molecule has 0 aromatic carbocycles. The van der Waals surface area contributed by atoms with Gasteiger partial charge in [-0.1, -0.05) is 0 Å². The number of hydrogen-bond acceptors (Lipinski definition) is 4. The molecule has 0 atom stereocenters. The van der Waals surface area contributed by atoms with E-state index in [2.05, 4.69) is 5.32 Å². The number of esters is 1. The van der Waals surface area contributed by atoms with E-state index >= 15 is 0 Å². The number of carbonyl (C=O) groups is 2. The molecule has 0 aliphatic carbocycles. The fraction of sp³-hybridized carbons (Fsp3) is 0.778. The van der Waals surface area contributed by atoms with Crippen LogP contribution in [-0.2, 0) is 14.3 Å².